The molecule has 3 N–H and O–H groups in total. The molecule has 0 saturated carbocycles. The van der Waals surface area contributed by atoms with E-state index in [1.54, 1.807) is 23.9 Å². The van der Waals surface area contributed by atoms with Crippen LogP contribution in [0.25, 0.3) is 0 Å². The highest BCUT2D eigenvalue weighted by molar-refractivity contribution is 7.98. The van der Waals surface area contributed by atoms with Crippen LogP contribution in [-0.2, 0) is 17.0 Å². The maximum atomic E-state index is 10.8. The fraction of sp³-hybridized carbons (Fsp3) is 0.133. The van der Waals surface area contributed by atoms with Gasteiger partial charge in [0, 0.05) is 21.4 Å². The van der Waals surface area contributed by atoms with Gasteiger partial charge in [-0.25, -0.2) is 0 Å². The standard InChI is InChI=1S/C15H14ClNO2S/c16-12-5-6-13(17)14(8-12)20-9-11-4-2-1-3-10(11)7-15(18)19/h1-6,8H,7,9,17H2,(H,18,19). The van der Waals surface area contributed by atoms with E-state index in [4.69, 9.17) is 22.4 Å². The molecule has 0 radical (unpaired) electrons. The summed E-state index contributed by atoms with van der Waals surface area (Å²) in [5, 5.41) is 9.55. The van der Waals surface area contributed by atoms with Crippen molar-refractivity contribution < 1.29 is 9.90 Å². The molecule has 0 spiro atoms. The van der Waals surface area contributed by atoms with Crippen molar-refractivity contribution in [3.05, 3.63) is 58.6 Å². The summed E-state index contributed by atoms with van der Waals surface area (Å²) in [6, 6.07) is 12.9. The van der Waals surface area contributed by atoms with Crippen molar-refractivity contribution in [3.8, 4) is 0 Å². The molecule has 0 unspecified atom stereocenters. The van der Waals surface area contributed by atoms with E-state index in [9.17, 15) is 4.79 Å². The topological polar surface area (TPSA) is 63.3 Å². The molecule has 0 heterocycles. The first-order valence-corrected chi connectivity index (χ1v) is 7.39. The number of carboxylic acids is 1. The summed E-state index contributed by atoms with van der Waals surface area (Å²) in [5.41, 5.74) is 8.40. The number of hydrogen-bond donors (Lipinski definition) is 2. The lowest BCUT2D eigenvalue weighted by Gasteiger charge is -2.09. The Morgan fingerprint density at radius 3 is 2.60 bits per heavy atom. The van der Waals surface area contributed by atoms with Crippen molar-refractivity contribution in [1.29, 1.82) is 0 Å². The Hall–Kier alpha value is -1.65. The van der Waals surface area contributed by atoms with E-state index >= 15 is 0 Å². The second-order valence-corrected chi connectivity index (χ2v) is 5.76. The number of aliphatic carboxylic acids is 1. The van der Waals surface area contributed by atoms with Gasteiger partial charge in [-0.05, 0) is 29.3 Å². The number of rotatable bonds is 5. The summed E-state index contributed by atoms with van der Waals surface area (Å²) in [6.45, 7) is 0. The molecule has 2 aromatic rings. The molecule has 0 amide bonds. The molecule has 5 heteroatoms. The molecular weight excluding hydrogens is 294 g/mol. The smallest absolute Gasteiger partial charge is 0.307 e. The SMILES string of the molecule is Nc1ccc(Cl)cc1SCc1ccccc1CC(=O)O. The fourth-order valence-electron chi connectivity index (χ4n) is 1.82. The van der Waals surface area contributed by atoms with Crippen LogP contribution in [0.4, 0.5) is 5.69 Å². The molecule has 0 aliphatic rings. The minimum Gasteiger partial charge on any atom is -0.481 e. The zero-order valence-corrected chi connectivity index (χ0v) is 12.2. The lowest BCUT2D eigenvalue weighted by atomic mass is 10.1. The quantitative estimate of drug-likeness (QED) is 0.650. The summed E-state index contributed by atoms with van der Waals surface area (Å²) in [7, 11) is 0. The van der Waals surface area contributed by atoms with Gasteiger partial charge in [0.15, 0.2) is 0 Å². The van der Waals surface area contributed by atoms with Crippen LogP contribution in [0, 0.1) is 0 Å². The van der Waals surface area contributed by atoms with Gasteiger partial charge in [0.1, 0.15) is 0 Å². The van der Waals surface area contributed by atoms with Crippen LogP contribution < -0.4 is 5.73 Å². The number of nitrogens with two attached hydrogens (primary N) is 1. The van der Waals surface area contributed by atoms with Crippen LogP contribution in [0.15, 0.2) is 47.4 Å². The molecule has 0 aliphatic heterocycles. The molecular formula is C15H14ClNO2S. The second-order valence-electron chi connectivity index (χ2n) is 4.31. The first-order chi connectivity index (χ1) is 9.56. The van der Waals surface area contributed by atoms with Crippen molar-refractivity contribution >= 4 is 35.0 Å². The third kappa shape index (κ3) is 3.92. The van der Waals surface area contributed by atoms with Crippen molar-refractivity contribution in [1.82, 2.24) is 0 Å². The monoisotopic (exact) mass is 307 g/mol. The van der Waals surface area contributed by atoms with E-state index in [0.29, 0.717) is 16.5 Å². The van der Waals surface area contributed by atoms with Crippen LogP contribution in [-0.4, -0.2) is 11.1 Å². The molecule has 0 fully saturated rings. The average molecular weight is 308 g/mol. The predicted octanol–water partition coefficient (Wildman–Crippen LogP) is 3.84. The largest absolute Gasteiger partial charge is 0.481 e. The lowest BCUT2D eigenvalue weighted by Crippen LogP contribution is -2.03. The van der Waals surface area contributed by atoms with E-state index < -0.39 is 5.97 Å². The number of thioether (sulfide) groups is 1. The fourth-order valence-corrected chi connectivity index (χ4v) is 3.10. The zero-order chi connectivity index (χ0) is 14.5. The van der Waals surface area contributed by atoms with Gasteiger partial charge in [0.25, 0.3) is 0 Å². The number of nitrogen functional groups attached to an aromatic ring is 1. The highest BCUT2D eigenvalue weighted by Crippen LogP contribution is 2.31. The minimum atomic E-state index is -0.829. The van der Waals surface area contributed by atoms with E-state index in [2.05, 4.69) is 0 Å². The minimum absolute atomic E-state index is 0.0295. The van der Waals surface area contributed by atoms with E-state index in [1.165, 1.54) is 0 Å². The summed E-state index contributed by atoms with van der Waals surface area (Å²) in [6.07, 6.45) is 0.0295. The maximum absolute atomic E-state index is 10.8. The van der Waals surface area contributed by atoms with Crippen molar-refractivity contribution in [2.45, 2.75) is 17.1 Å². The van der Waals surface area contributed by atoms with Crippen LogP contribution in [0.3, 0.4) is 0 Å². The highest BCUT2D eigenvalue weighted by atomic mass is 35.5. The molecule has 0 saturated heterocycles. The molecule has 0 aromatic heterocycles. The van der Waals surface area contributed by atoms with E-state index in [0.717, 1.165) is 16.0 Å². The van der Waals surface area contributed by atoms with Gasteiger partial charge in [-0.1, -0.05) is 35.9 Å². The molecule has 2 aromatic carbocycles. The molecule has 2 rings (SSSR count). The lowest BCUT2D eigenvalue weighted by molar-refractivity contribution is -0.136. The number of anilines is 1. The van der Waals surface area contributed by atoms with Gasteiger partial charge in [-0.15, -0.1) is 11.8 Å². The molecule has 104 valence electrons. The normalized spacial score (nSPS) is 10.4. The van der Waals surface area contributed by atoms with Crippen molar-refractivity contribution in [2.24, 2.45) is 0 Å². The number of carbonyl (C=O) groups is 1. The molecule has 0 atom stereocenters. The highest BCUT2D eigenvalue weighted by Gasteiger charge is 2.08. The molecule has 20 heavy (non-hydrogen) atoms. The molecule has 0 aliphatic carbocycles. The van der Waals surface area contributed by atoms with Gasteiger partial charge < -0.3 is 10.8 Å². The molecule has 3 nitrogen and oxygen atoms in total. The Morgan fingerprint density at radius 1 is 1.20 bits per heavy atom. The van der Waals surface area contributed by atoms with Crippen LogP contribution in [0.5, 0.6) is 0 Å². The first kappa shape index (κ1) is 14.8. The summed E-state index contributed by atoms with van der Waals surface area (Å²) < 4.78 is 0. The number of benzene rings is 2. The van der Waals surface area contributed by atoms with Crippen LogP contribution in [0.1, 0.15) is 11.1 Å². The van der Waals surface area contributed by atoms with Crippen molar-refractivity contribution in [3.63, 3.8) is 0 Å². The van der Waals surface area contributed by atoms with Crippen LogP contribution >= 0.6 is 23.4 Å². The summed E-state index contributed by atoms with van der Waals surface area (Å²) in [4.78, 5) is 11.8. The van der Waals surface area contributed by atoms with Crippen molar-refractivity contribution in [2.75, 3.05) is 5.73 Å². The third-order valence-electron chi connectivity index (χ3n) is 2.82. The Labute approximate surface area is 126 Å². The average Bonchev–Trinajstić information content (AvgIpc) is 2.41. The Balaban J connectivity index is 2.14. The summed E-state index contributed by atoms with van der Waals surface area (Å²) in [5.74, 6) is -0.168. The molecule has 0 bridgehead atoms. The van der Waals surface area contributed by atoms with Gasteiger partial charge in [-0.2, -0.15) is 0 Å². The van der Waals surface area contributed by atoms with Gasteiger partial charge >= 0.3 is 5.97 Å². The third-order valence-corrected chi connectivity index (χ3v) is 4.17. The predicted molar refractivity (Wildman–Crippen MR) is 83.2 cm³/mol. The second kappa shape index (κ2) is 6.68. The number of halogens is 1. The van der Waals surface area contributed by atoms with Crippen LogP contribution in [0.2, 0.25) is 5.02 Å². The number of hydrogen-bond acceptors (Lipinski definition) is 3. The van der Waals surface area contributed by atoms with E-state index in [-0.39, 0.29) is 6.42 Å². The van der Waals surface area contributed by atoms with Gasteiger partial charge in [0.2, 0.25) is 0 Å². The zero-order valence-electron chi connectivity index (χ0n) is 10.7. The maximum Gasteiger partial charge on any atom is 0.307 e. The number of carboxylic acid groups (broad SMARTS) is 1. The first-order valence-electron chi connectivity index (χ1n) is 6.02. The van der Waals surface area contributed by atoms with Gasteiger partial charge in [0.05, 0.1) is 6.42 Å². The van der Waals surface area contributed by atoms with E-state index in [1.807, 2.05) is 30.3 Å². The Kier molecular flexibility index (Phi) is 4.93. The Morgan fingerprint density at radius 2 is 1.90 bits per heavy atom. The van der Waals surface area contributed by atoms with Gasteiger partial charge in [-0.3, -0.25) is 4.79 Å². The summed E-state index contributed by atoms with van der Waals surface area (Å²) >= 11 is 7.51. The Bertz CT molecular complexity index is 631.